The van der Waals surface area contributed by atoms with Crippen molar-refractivity contribution in [2.75, 3.05) is 6.61 Å². The fraction of sp³-hybridized carbons (Fsp3) is 0.133. The minimum atomic E-state index is -1.02. The molecule has 2 aromatic rings. The average Bonchev–Trinajstić information content (AvgIpc) is 2.46. The van der Waals surface area contributed by atoms with Crippen LogP contribution in [0.4, 0.5) is 0 Å². The molecule has 110 valence electrons. The summed E-state index contributed by atoms with van der Waals surface area (Å²) in [5.74, 6) is -0.567. The standard InChI is InChI=1S/C15H12Br2O4/c16-11-6-10(15(19)20)7-12(17)14(11)21-8-13(18)9-4-2-1-3-5-9/h1-7,13,18H,8H2,(H,19,20). The van der Waals surface area contributed by atoms with Gasteiger partial charge < -0.3 is 14.9 Å². The molecule has 2 N–H and O–H groups in total. The summed E-state index contributed by atoms with van der Waals surface area (Å²) < 4.78 is 6.60. The summed E-state index contributed by atoms with van der Waals surface area (Å²) in [6.45, 7) is 0.0631. The van der Waals surface area contributed by atoms with Crippen LogP contribution >= 0.6 is 31.9 Å². The molecule has 0 heterocycles. The molecule has 0 saturated carbocycles. The number of ether oxygens (including phenoxy) is 1. The van der Waals surface area contributed by atoms with E-state index in [9.17, 15) is 9.90 Å². The fourth-order valence-electron chi connectivity index (χ4n) is 1.75. The first-order valence-corrected chi connectivity index (χ1v) is 7.65. The molecular formula is C15H12Br2O4. The fourth-order valence-corrected chi connectivity index (χ4v) is 3.17. The lowest BCUT2D eigenvalue weighted by molar-refractivity contribution is 0.0696. The van der Waals surface area contributed by atoms with E-state index in [1.807, 2.05) is 30.3 Å². The molecular weight excluding hydrogens is 404 g/mol. The Hall–Kier alpha value is -1.37. The zero-order chi connectivity index (χ0) is 15.4. The van der Waals surface area contributed by atoms with Crippen LogP contribution in [0.15, 0.2) is 51.4 Å². The molecule has 2 rings (SSSR count). The van der Waals surface area contributed by atoms with Crippen LogP contribution in [0.1, 0.15) is 22.0 Å². The molecule has 0 aliphatic heterocycles. The van der Waals surface area contributed by atoms with E-state index in [0.717, 1.165) is 5.56 Å². The highest BCUT2D eigenvalue weighted by atomic mass is 79.9. The van der Waals surface area contributed by atoms with Gasteiger partial charge in [0.05, 0.1) is 14.5 Å². The first-order valence-electron chi connectivity index (χ1n) is 6.07. The molecule has 6 heteroatoms. The Bertz CT molecular complexity index is 620. The number of carboxylic acids is 1. The normalized spacial score (nSPS) is 12.0. The lowest BCUT2D eigenvalue weighted by Gasteiger charge is -2.15. The topological polar surface area (TPSA) is 66.8 Å². The maximum atomic E-state index is 10.9. The second-order valence-corrected chi connectivity index (χ2v) is 6.02. The number of aromatic carboxylic acids is 1. The van der Waals surface area contributed by atoms with Gasteiger partial charge in [-0.1, -0.05) is 30.3 Å². The predicted molar refractivity (Wildman–Crippen MR) is 85.7 cm³/mol. The zero-order valence-electron chi connectivity index (χ0n) is 10.8. The van der Waals surface area contributed by atoms with Gasteiger partial charge in [-0.05, 0) is 49.6 Å². The van der Waals surface area contributed by atoms with Crippen molar-refractivity contribution in [2.24, 2.45) is 0 Å². The van der Waals surface area contributed by atoms with Gasteiger partial charge in [0.25, 0.3) is 0 Å². The monoisotopic (exact) mass is 414 g/mol. The molecule has 0 radical (unpaired) electrons. The van der Waals surface area contributed by atoms with E-state index in [1.54, 1.807) is 0 Å². The summed E-state index contributed by atoms with van der Waals surface area (Å²) >= 11 is 6.55. The van der Waals surface area contributed by atoms with Gasteiger partial charge in [-0.25, -0.2) is 4.79 Å². The summed E-state index contributed by atoms with van der Waals surface area (Å²) in [5, 5.41) is 19.0. The average molecular weight is 416 g/mol. The van der Waals surface area contributed by atoms with E-state index in [2.05, 4.69) is 31.9 Å². The molecule has 0 spiro atoms. The quantitative estimate of drug-likeness (QED) is 0.773. The second kappa shape index (κ2) is 7.06. The lowest BCUT2D eigenvalue weighted by Crippen LogP contribution is -2.10. The number of carboxylic acid groups (broad SMARTS) is 1. The van der Waals surface area contributed by atoms with Gasteiger partial charge in [-0.15, -0.1) is 0 Å². The van der Waals surface area contributed by atoms with Crippen LogP contribution in [-0.4, -0.2) is 22.8 Å². The number of benzene rings is 2. The molecule has 0 aromatic heterocycles. The Morgan fingerprint density at radius 3 is 2.24 bits per heavy atom. The van der Waals surface area contributed by atoms with Crippen LogP contribution < -0.4 is 4.74 Å². The van der Waals surface area contributed by atoms with E-state index >= 15 is 0 Å². The molecule has 0 amide bonds. The number of aliphatic hydroxyl groups is 1. The summed E-state index contributed by atoms with van der Waals surface area (Å²) in [7, 11) is 0. The number of aliphatic hydroxyl groups excluding tert-OH is 1. The van der Waals surface area contributed by atoms with E-state index in [-0.39, 0.29) is 12.2 Å². The molecule has 0 saturated heterocycles. The molecule has 21 heavy (non-hydrogen) atoms. The summed E-state index contributed by atoms with van der Waals surface area (Å²) in [6.07, 6.45) is -0.760. The third-order valence-electron chi connectivity index (χ3n) is 2.82. The Morgan fingerprint density at radius 2 is 1.71 bits per heavy atom. The smallest absolute Gasteiger partial charge is 0.335 e. The van der Waals surface area contributed by atoms with Gasteiger partial charge in [0.15, 0.2) is 0 Å². The molecule has 0 aliphatic carbocycles. The largest absolute Gasteiger partial charge is 0.488 e. The molecule has 0 bridgehead atoms. The Morgan fingerprint density at radius 1 is 1.14 bits per heavy atom. The third-order valence-corrected chi connectivity index (χ3v) is 3.99. The van der Waals surface area contributed by atoms with Crippen LogP contribution in [0.25, 0.3) is 0 Å². The number of hydrogen-bond donors (Lipinski definition) is 2. The molecule has 0 aliphatic rings. The van der Waals surface area contributed by atoms with Gasteiger partial charge in [0.2, 0.25) is 0 Å². The van der Waals surface area contributed by atoms with E-state index in [4.69, 9.17) is 9.84 Å². The van der Waals surface area contributed by atoms with Crippen molar-refractivity contribution in [3.63, 3.8) is 0 Å². The lowest BCUT2D eigenvalue weighted by atomic mass is 10.1. The first kappa shape index (κ1) is 16.0. The van der Waals surface area contributed by atoms with Gasteiger partial charge in [0, 0.05) is 0 Å². The molecule has 1 atom stereocenters. The first-order chi connectivity index (χ1) is 9.99. The highest BCUT2D eigenvalue weighted by Gasteiger charge is 2.15. The number of halogens is 2. The molecule has 2 aromatic carbocycles. The highest BCUT2D eigenvalue weighted by molar-refractivity contribution is 9.11. The number of hydrogen-bond acceptors (Lipinski definition) is 3. The van der Waals surface area contributed by atoms with E-state index < -0.39 is 12.1 Å². The van der Waals surface area contributed by atoms with Crippen LogP contribution in [0.3, 0.4) is 0 Å². The van der Waals surface area contributed by atoms with Crippen LogP contribution in [0.2, 0.25) is 0 Å². The van der Waals surface area contributed by atoms with E-state index in [0.29, 0.717) is 14.7 Å². The second-order valence-electron chi connectivity index (χ2n) is 4.31. The molecule has 0 fully saturated rings. The van der Waals surface area contributed by atoms with Crippen LogP contribution in [0, 0.1) is 0 Å². The van der Waals surface area contributed by atoms with Crippen molar-refractivity contribution in [1.29, 1.82) is 0 Å². The summed E-state index contributed by atoms with van der Waals surface area (Å²) in [4.78, 5) is 10.9. The Balaban J connectivity index is 2.12. The predicted octanol–water partition coefficient (Wildman–Crippen LogP) is 4.02. The Labute approximate surface area is 138 Å². The SMILES string of the molecule is O=C(O)c1cc(Br)c(OCC(O)c2ccccc2)c(Br)c1. The highest BCUT2D eigenvalue weighted by Crippen LogP contribution is 2.35. The van der Waals surface area contributed by atoms with Crippen molar-refractivity contribution < 1.29 is 19.7 Å². The number of carbonyl (C=O) groups is 1. The summed E-state index contributed by atoms with van der Waals surface area (Å²) in [6, 6.07) is 12.1. The van der Waals surface area contributed by atoms with Gasteiger partial charge in [-0.2, -0.15) is 0 Å². The van der Waals surface area contributed by atoms with Crippen LogP contribution in [0.5, 0.6) is 5.75 Å². The van der Waals surface area contributed by atoms with E-state index in [1.165, 1.54) is 12.1 Å². The van der Waals surface area contributed by atoms with Crippen molar-refractivity contribution in [2.45, 2.75) is 6.10 Å². The summed E-state index contributed by atoms with van der Waals surface area (Å²) in [5.41, 5.74) is 0.900. The third kappa shape index (κ3) is 4.06. The van der Waals surface area contributed by atoms with Gasteiger partial charge >= 0.3 is 5.97 Å². The Kier molecular flexibility index (Phi) is 5.39. The van der Waals surface area contributed by atoms with Crippen molar-refractivity contribution in [3.05, 3.63) is 62.5 Å². The maximum absolute atomic E-state index is 10.9. The van der Waals surface area contributed by atoms with Crippen molar-refractivity contribution >= 4 is 37.8 Å². The molecule has 1 unspecified atom stereocenters. The van der Waals surface area contributed by atoms with Crippen molar-refractivity contribution in [1.82, 2.24) is 0 Å². The van der Waals surface area contributed by atoms with Crippen molar-refractivity contribution in [3.8, 4) is 5.75 Å². The van der Waals surface area contributed by atoms with Gasteiger partial charge in [0.1, 0.15) is 18.5 Å². The minimum Gasteiger partial charge on any atom is -0.488 e. The van der Waals surface area contributed by atoms with Crippen LogP contribution in [-0.2, 0) is 0 Å². The maximum Gasteiger partial charge on any atom is 0.335 e. The van der Waals surface area contributed by atoms with Gasteiger partial charge in [-0.3, -0.25) is 0 Å². The number of rotatable bonds is 5. The minimum absolute atomic E-state index is 0.0631. The zero-order valence-corrected chi connectivity index (χ0v) is 14.0. The molecule has 4 nitrogen and oxygen atoms in total.